The number of halogens is 1. The fraction of sp³-hybridized carbons (Fsp3) is 0.263. The van der Waals surface area contributed by atoms with Crippen LogP contribution < -0.4 is 5.32 Å². The minimum atomic E-state index is -0.321. The largest absolute Gasteiger partial charge is 0.350 e. The van der Waals surface area contributed by atoms with Crippen molar-refractivity contribution >= 4 is 5.91 Å². The number of amides is 1. The van der Waals surface area contributed by atoms with Crippen molar-refractivity contribution in [1.29, 1.82) is 0 Å². The average Bonchev–Trinajstić information content (AvgIpc) is 3.09. The minimum Gasteiger partial charge on any atom is -0.350 e. The SMILES string of the molecule is Cc1cccc(CNC(=O)CCc2nc(-c3ccc(C)c(F)c3)no2)n1. The van der Waals surface area contributed by atoms with Crippen molar-refractivity contribution in [2.75, 3.05) is 0 Å². The minimum absolute atomic E-state index is 0.130. The number of hydrogen-bond donors (Lipinski definition) is 1. The fourth-order valence-corrected chi connectivity index (χ4v) is 2.40. The van der Waals surface area contributed by atoms with Crippen LogP contribution in [0.3, 0.4) is 0 Å². The van der Waals surface area contributed by atoms with Gasteiger partial charge in [-0.05, 0) is 37.6 Å². The number of pyridine rings is 1. The Morgan fingerprint density at radius 1 is 1.19 bits per heavy atom. The summed E-state index contributed by atoms with van der Waals surface area (Å²) in [6.45, 7) is 3.96. The predicted octanol–water partition coefficient (Wildman–Crippen LogP) is 3.14. The number of rotatable bonds is 6. The molecule has 1 amide bonds. The zero-order chi connectivity index (χ0) is 18.5. The molecule has 1 N–H and O–H groups in total. The Morgan fingerprint density at radius 2 is 2.04 bits per heavy atom. The summed E-state index contributed by atoms with van der Waals surface area (Å²) in [4.78, 5) is 20.5. The third-order valence-electron chi connectivity index (χ3n) is 3.88. The second-order valence-corrected chi connectivity index (χ2v) is 6.02. The van der Waals surface area contributed by atoms with Gasteiger partial charge in [-0.15, -0.1) is 0 Å². The maximum atomic E-state index is 13.6. The lowest BCUT2D eigenvalue weighted by molar-refractivity contribution is -0.121. The van der Waals surface area contributed by atoms with Crippen LogP contribution in [0.2, 0.25) is 0 Å². The van der Waals surface area contributed by atoms with E-state index in [1.807, 2.05) is 25.1 Å². The molecule has 2 aromatic heterocycles. The van der Waals surface area contributed by atoms with Gasteiger partial charge >= 0.3 is 0 Å². The summed E-state index contributed by atoms with van der Waals surface area (Å²) in [5.41, 5.74) is 2.80. The highest BCUT2D eigenvalue weighted by atomic mass is 19.1. The zero-order valence-corrected chi connectivity index (χ0v) is 14.6. The van der Waals surface area contributed by atoms with Gasteiger partial charge in [0.25, 0.3) is 0 Å². The van der Waals surface area contributed by atoms with Gasteiger partial charge in [-0.25, -0.2) is 4.39 Å². The summed E-state index contributed by atoms with van der Waals surface area (Å²) in [5.74, 6) is 0.195. The van der Waals surface area contributed by atoms with E-state index < -0.39 is 0 Å². The van der Waals surface area contributed by atoms with Crippen LogP contribution in [0.5, 0.6) is 0 Å². The summed E-state index contributed by atoms with van der Waals surface area (Å²) in [7, 11) is 0. The van der Waals surface area contributed by atoms with Crippen LogP contribution in [-0.4, -0.2) is 21.0 Å². The van der Waals surface area contributed by atoms with E-state index in [2.05, 4.69) is 20.4 Å². The molecule has 0 saturated heterocycles. The predicted molar refractivity (Wildman–Crippen MR) is 93.6 cm³/mol. The van der Waals surface area contributed by atoms with E-state index in [-0.39, 0.29) is 18.1 Å². The van der Waals surface area contributed by atoms with Crippen molar-refractivity contribution in [1.82, 2.24) is 20.4 Å². The Labute approximate surface area is 150 Å². The third kappa shape index (κ3) is 4.50. The normalized spacial score (nSPS) is 10.7. The zero-order valence-electron chi connectivity index (χ0n) is 14.6. The lowest BCUT2D eigenvalue weighted by Crippen LogP contribution is -2.23. The molecular weight excluding hydrogens is 335 g/mol. The molecule has 26 heavy (non-hydrogen) atoms. The van der Waals surface area contributed by atoms with E-state index in [9.17, 15) is 9.18 Å². The van der Waals surface area contributed by atoms with Gasteiger partial charge < -0.3 is 9.84 Å². The third-order valence-corrected chi connectivity index (χ3v) is 3.88. The van der Waals surface area contributed by atoms with Gasteiger partial charge in [-0.3, -0.25) is 9.78 Å². The molecule has 0 aliphatic rings. The maximum absolute atomic E-state index is 13.6. The highest BCUT2D eigenvalue weighted by Gasteiger charge is 2.12. The van der Waals surface area contributed by atoms with E-state index in [0.717, 1.165) is 11.4 Å². The first kappa shape index (κ1) is 17.7. The number of nitrogens with one attached hydrogen (secondary N) is 1. The van der Waals surface area contributed by atoms with Crippen molar-refractivity contribution in [3.05, 3.63) is 65.1 Å². The average molecular weight is 354 g/mol. The number of nitrogens with zero attached hydrogens (tertiary/aromatic N) is 3. The topological polar surface area (TPSA) is 80.9 Å². The Morgan fingerprint density at radius 3 is 2.81 bits per heavy atom. The van der Waals surface area contributed by atoms with Crippen LogP contribution in [-0.2, 0) is 17.8 Å². The van der Waals surface area contributed by atoms with Gasteiger partial charge in [-0.2, -0.15) is 4.98 Å². The first-order valence-electron chi connectivity index (χ1n) is 8.29. The van der Waals surface area contributed by atoms with Gasteiger partial charge in [0, 0.05) is 24.1 Å². The molecule has 2 heterocycles. The number of aryl methyl sites for hydroxylation is 3. The second-order valence-electron chi connectivity index (χ2n) is 6.02. The number of carbonyl (C=O) groups is 1. The molecule has 0 fully saturated rings. The van der Waals surface area contributed by atoms with Gasteiger partial charge in [0.2, 0.25) is 17.6 Å². The molecule has 0 saturated carbocycles. The molecule has 3 rings (SSSR count). The van der Waals surface area contributed by atoms with E-state index >= 15 is 0 Å². The number of hydrogen-bond acceptors (Lipinski definition) is 5. The molecule has 0 radical (unpaired) electrons. The van der Waals surface area contributed by atoms with Crippen LogP contribution >= 0.6 is 0 Å². The molecule has 1 aromatic carbocycles. The van der Waals surface area contributed by atoms with E-state index in [4.69, 9.17) is 4.52 Å². The molecular formula is C19H19FN4O2. The molecule has 134 valence electrons. The first-order chi connectivity index (χ1) is 12.5. The van der Waals surface area contributed by atoms with Crippen molar-refractivity contribution < 1.29 is 13.7 Å². The summed E-state index contributed by atoms with van der Waals surface area (Å²) >= 11 is 0. The molecule has 0 spiro atoms. The highest BCUT2D eigenvalue weighted by molar-refractivity contribution is 5.76. The molecule has 0 bridgehead atoms. The highest BCUT2D eigenvalue weighted by Crippen LogP contribution is 2.19. The van der Waals surface area contributed by atoms with Crippen molar-refractivity contribution in [2.45, 2.75) is 33.2 Å². The number of aromatic nitrogens is 3. The van der Waals surface area contributed by atoms with Crippen LogP contribution in [0.25, 0.3) is 11.4 Å². The molecule has 3 aromatic rings. The Balaban J connectivity index is 1.52. The molecule has 7 heteroatoms. The smallest absolute Gasteiger partial charge is 0.227 e. The van der Waals surface area contributed by atoms with Crippen LogP contribution in [0.4, 0.5) is 4.39 Å². The number of benzene rings is 1. The van der Waals surface area contributed by atoms with E-state index in [1.165, 1.54) is 6.07 Å². The van der Waals surface area contributed by atoms with Crippen LogP contribution in [0.1, 0.15) is 29.3 Å². The fourth-order valence-electron chi connectivity index (χ4n) is 2.40. The first-order valence-corrected chi connectivity index (χ1v) is 8.29. The van der Waals surface area contributed by atoms with Crippen molar-refractivity contribution in [3.8, 4) is 11.4 Å². The molecule has 6 nitrogen and oxygen atoms in total. The number of carbonyl (C=O) groups excluding carboxylic acids is 1. The standard InChI is InChI=1S/C19H19FN4O2/c1-12-6-7-14(10-16(12)20)19-23-18(26-24-19)9-8-17(25)21-11-15-5-3-4-13(2)22-15/h3-7,10H,8-9,11H2,1-2H3,(H,21,25). The Bertz CT molecular complexity index is 923. The summed E-state index contributed by atoms with van der Waals surface area (Å²) in [6, 6.07) is 10.4. The second kappa shape index (κ2) is 7.86. The molecule has 0 atom stereocenters. The van der Waals surface area contributed by atoms with Gasteiger partial charge in [0.1, 0.15) is 5.82 Å². The van der Waals surface area contributed by atoms with Gasteiger partial charge in [-0.1, -0.05) is 23.4 Å². The summed E-state index contributed by atoms with van der Waals surface area (Å²) < 4.78 is 18.8. The van der Waals surface area contributed by atoms with E-state index in [0.29, 0.717) is 35.8 Å². The lowest BCUT2D eigenvalue weighted by atomic mass is 10.1. The Hall–Kier alpha value is -3.09. The monoisotopic (exact) mass is 354 g/mol. The van der Waals surface area contributed by atoms with Crippen molar-refractivity contribution in [2.24, 2.45) is 0 Å². The van der Waals surface area contributed by atoms with Crippen molar-refractivity contribution in [3.63, 3.8) is 0 Å². The van der Waals surface area contributed by atoms with Gasteiger partial charge in [0.05, 0.1) is 12.2 Å². The lowest BCUT2D eigenvalue weighted by Gasteiger charge is -2.04. The van der Waals surface area contributed by atoms with E-state index in [1.54, 1.807) is 19.1 Å². The molecule has 0 unspecified atom stereocenters. The quantitative estimate of drug-likeness (QED) is 0.735. The molecule has 0 aliphatic heterocycles. The Kier molecular flexibility index (Phi) is 5.36. The molecule has 0 aliphatic carbocycles. The summed E-state index contributed by atoms with van der Waals surface area (Å²) in [5, 5.41) is 6.65. The van der Waals surface area contributed by atoms with Crippen LogP contribution in [0, 0.1) is 19.7 Å². The van der Waals surface area contributed by atoms with Crippen LogP contribution in [0.15, 0.2) is 40.9 Å². The van der Waals surface area contributed by atoms with Gasteiger partial charge in [0.15, 0.2) is 0 Å². The summed E-state index contributed by atoms with van der Waals surface area (Å²) in [6.07, 6.45) is 0.532. The maximum Gasteiger partial charge on any atom is 0.227 e.